The molecule has 2 aromatic carbocycles. The number of hydrazone groups is 1. The summed E-state index contributed by atoms with van der Waals surface area (Å²) in [5.41, 5.74) is 3.16. The number of methoxy groups -OCH3 is 2. The van der Waals surface area contributed by atoms with E-state index in [2.05, 4.69) is 15.8 Å². The number of carbonyl (C=O) groups excluding carboxylic acids is 2. The van der Waals surface area contributed by atoms with Gasteiger partial charge in [0.05, 0.1) is 32.4 Å². The Morgan fingerprint density at radius 3 is 2.32 bits per heavy atom. The molecule has 1 aliphatic carbocycles. The quantitative estimate of drug-likeness (QED) is 0.308. The number of ether oxygens (including phenoxy) is 3. The highest BCUT2D eigenvalue weighted by molar-refractivity contribution is 7.92. The van der Waals surface area contributed by atoms with E-state index in [4.69, 9.17) is 14.2 Å². The molecule has 2 aromatic rings. The van der Waals surface area contributed by atoms with Crippen LogP contribution in [0.1, 0.15) is 37.7 Å². The Hall–Kier alpha value is -3.80. The van der Waals surface area contributed by atoms with Crippen molar-refractivity contribution < 1.29 is 32.2 Å². The molecule has 0 saturated heterocycles. The molecular formula is C26H34N4O7S. The van der Waals surface area contributed by atoms with Crippen LogP contribution < -0.4 is 29.3 Å². The molecule has 0 spiro atoms. The van der Waals surface area contributed by atoms with Crippen LogP contribution >= 0.6 is 0 Å². The Bertz CT molecular complexity index is 1230. The highest BCUT2D eigenvalue weighted by Gasteiger charge is 2.24. The minimum Gasteiger partial charge on any atom is -0.497 e. The molecule has 0 atom stereocenters. The fourth-order valence-corrected chi connectivity index (χ4v) is 4.88. The van der Waals surface area contributed by atoms with E-state index >= 15 is 0 Å². The van der Waals surface area contributed by atoms with E-state index in [1.54, 1.807) is 36.4 Å². The SMILES string of the molecule is COc1ccc(OC)c(N(CC(=O)N/N=C/c2ccc(OCC(=O)NC3CCCCC3)cc2)S(C)(=O)=O)c1. The van der Waals surface area contributed by atoms with Gasteiger partial charge in [-0.3, -0.25) is 13.9 Å². The number of sulfonamides is 1. The number of hydrogen-bond acceptors (Lipinski definition) is 8. The van der Waals surface area contributed by atoms with Gasteiger partial charge >= 0.3 is 0 Å². The van der Waals surface area contributed by atoms with Crippen LogP contribution in [0.3, 0.4) is 0 Å². The summed E-state index contributed by atoms with van der Waals surface area (Å²) in [6.45, 7) is -0.579. The second-order valence-corrected chi connectivity index (χ2v) is 10.8. The van der Waals surface area contributed by atoms with Gasteiger partial charge in [0.15, 0.2) is 6.61 Å². The zero-order valence-corrected chi connectivity index (χ0v) is 22.6. The van der Waals surface area contributed by atoms with Crippen molar-refractivity contribution in [1.29, 1.82) is 0 Å². The molecule has 2 N–H and O–H groups in total. The Morgan fingerprint density at radius 2 is 1.68 bits per heavy atom. The average Bonchev–Trinajstić information content (AvgIpc) is 2.91. The lowest BCUT2D eigenvalue weighted by Crippen LogP contribution is -2.39. The second kappa shape index (κ2) is 13.7. The zero-order chi connectivity index (χ0) is 27.5. The first kappa shape index (κ1) is 28.8. The lowest BCUT2D eigenvalue weighted by Gasteiger charge is -2.23. The molecular weight excluding hydrogens is 512 g/mol. The number of benzene rings is 2. The number of nitrogens with one attached hydrogen (secondary N) is 2. The van der Waals surface area contributed by atoms with E-state index in [1.807, 2.05) is 0 Å². The first-order chi connectivity index (χ1) is 18.2. The minimum atomic E-state index is -3.83. The van der Waals surface area contributed by atoms with Crippen LogP contribution in [0.5, 0.6) is 17.2 Å². The van der Waals surface area contributed by atoms with Crippen LogP contribution in [0.2, 0.25) is 0 Å². The first-order valence-corrected chi connectivity index (χ1v) is 14.1. The van der Waals surface area contributed by atoms with Gasteiger partial charge in [-0.15, -0.1) is 0 Å². The smallest absolute Gasteiger partial charge is 0.260 e. The van der Waals surface area contributed by atoms with E-state index in [1.165, 1.54) is 32.9 Å². The molecule has 0 aliphatic heterocycles. The maximum Gasteiger partial charge on any atom is 0.260 e. The van der Waals surface area contributed by atoms with Gasteiger partial charge in [0.1, 0.15) is 23.8 Å². The van der Waals surface area contributed by atoms with Crippen LogP contribution in [0.15, 0.2) is 47.6 Å². The summed E-state index contributed by atoms with van der Waals surface area (Å²) in [5, 5.41) is 6.91. The highest BCUT2D eigenvalue weighted by atomic mass is 32.2. The van der Waals surface area contributed by atoms with Crippen molar-refractivity contribution in [3.8, 4) is 17.2 Å². The molecule has 0 radical (unpaired) electrons. The van der Waals surface area contributed by atoms with E-state index < -0.39 is 22.5 Å². The third-order valence-corrected chi connectivity index (χ3v) is 7.09. The fourth-order valence-electron chi connectivity index (χ4n) is 4.03. The molecule has 11 nitrogen and oxygen atoms in total. The van der Waals surface area contributed by atoms with Crippen LogP contribution in [-0.2, 0) is 19.6 Å². The third kappa shape index (κ3) is 8.65. The van der Waals surface area contributed by atoms with Crippen LogP contribution in [0, 0.1) is 0 Å². The van der Waals surface area contributed by atoms with Crippen LogP contribution in [-0.4, -0.2) is 66.1 Å². The monoisotopic (exact) mass is 546 g/mol. The second-order valence-electron chi connectivity index (χ2n) is 8.86. The molecule has 0 heterocycles. The van der Waals surface area contributed by atoms with E-state index in [0.29, 0.717) is 17.1 Å². The van der Waals surface area contributed by atoms with E-state index in [-0.39, 0.29) is 30.0 Å². The summed E-state index contributed by atoms with van der Waals surface area (Å²) >= 11 is 0. The van der Waals surface area contributed by atoms with Crippen molar-refractivity contribution in [2.24, 2.45) is 5.10 Å². The molecule has 206 valence electrons. The molecule has 2 amide bonds. The molecule has 0 aromatic heterocycles. The van der Waals surface area contributed by atoms with Crippen molar-refractivity contribution in [1.82, 2.24) is 10.7 Å². The molecule has 12 heteroatoms. The number of nitrogens with zero attached hydrogens (tertiary/aromatic N) is 2. The van der Waals surface area contributed by atoms with Crippen molar-refractivity contribution in [2.75, 3.05) is 37.9 Å². The average molecular weight is 547 g/mol. The van der Waals surface area contributed by atoms with Gasteiger partial charge in [0.2, 0.25) is 10.0 Å². The van der Waals surface area contributed by atoms with Crippen LogP contribution in [0.25, 0.3) is 0 Å². The number of rotatable bonds is 12. The standard InChI is InChI=1S/C26H34N4O7S/c1-35-22-13-14-24(36-2)23(15-22)30(38(3,33)34)17-25(31)29-27-16-19-9-11-21(12-10-19)37-18-26(32)28-20-7-5-4-6-8-20/h9-16,20H,4-8,17-18H2,1-3H3,(H,28,32)(H,29,31)/b27-16+. The number of carbonyl (C=O) groups is 2. The van der Waals surface area contributed by atoms with Crippen LogP contribution in [0.4, 0.5) is 5.69 Å². The minimum absolute atomic E-state index is 0.0606. The summed E-state index contributed by atoms with van der Waals surface area (Å²) in [6, 6.07) is 11.7. The normalized spacial score (nSPS) is 14.1. The molecule has 3 rings (SSSR count). The third-order valence-electron chi connectivity index (χ3n) is 5.97. The van der Waals surface area contributed by atoms with Gasteiger partial charge in [-0.05, 0) is 54.8 Å². The van der Waals surface area contributed by atoms with Gasteiger partial charge in [-0.1, -0.05) is 19.3 Å². The predicted octanol–water partition coefficient (Wildman–Crippen LogP) is 2.45. The molecule has 1 fully saturated rings. The van der Waals surface area contributed by atoms with Gasteiger partial charge in [0.25, 0.3) is 11.8 Å². The summed E-state index contributed by atoms with van der Waals surface area (Å²) < 4.78 is 41.8. The van der Waals surface area contributed by atoms with Crippen molar-refractivity contribution in [3.05, 3.63) is 48.0 Å². The van der Waals surface area contributed by atoms with Gasteiger partial charge < -0.3 is 19.5 Å². The summed E-state index contributed by atoms with van der Waals surface area (Å²) in [5.74, 6) is 0.410. The maximum absolute atomic E-state index is 12.5. The van der Waals surface area contributed by atoms with E-state index in [0.717, 1.165) is 36.2 Å². The lowest BCUT2D eigenvalue weighted by molar-refractivity contribution is -0.124. The predicted molar refractivity (Wildman–Crippen MR) is 144 cm³/mol. The number of amides is 2. The first-order valence-electron chi connectivity index (χ1n) is 12.2. The summed E-state index contributed by atoms with van der Waals surface area (Å²) in [7, 11) is -0.979. The highest BCUT2D eigenvalue weighted by Crippen LogP contribution is 2.33. The summed E-state index contributed by atoms with van der Waals surface area (Å²) in [6.07, 6.45) is 7.93. The van der Waals surface area contributed by atoms with Gasteiger partial charge in [-0.25, -0.2) is 13.8 Å². The van der Waals surface area contributed by atoms with Crippen molar-refractivity contribution in [3.63, 3.8) is 0 Å². The number of anilines is 1. The molecule has 0 unspecified atom stereocenters. The molecule has 1 aliphatic rings. The van der Waals surface area contributed by atoms with Crippen molar-refractivity contribution in [2.45, 2.75) is 38.1 Å². The Morgan fingerprint density at radius 1 is 1.00 bits per heavy atom. The largest absolute Gasteiger partial charge is 0.497 e. The van der Waals surface area contributed by atoms with Gasteiger partial charge in [0, 0.05) is 12.1 Å². The fraction of sp³-hybridized carbons (Fsp3) is 0.423. The van der Waals surface area contributed by atoms with E-state index in [9.17, 15) is 18.0 Å². The molecule has 38 heavy (non-hydrogen) atoms. The van der Waals surface area contributed by atoms with Crippen molar-refractivity contribution >= 4 is 33.7 Å². The summed E-state index contributed by atoms with van der Waals surface area (Å²) in [4.78, 5) is 24.6. The molecule has 0 bridgehead atoms. The van der Waals surface area contributed by atoms with Gasteiger partial charge in [-0.2, -0.15) is 5.10 Å². The Labute approximate surface area is 223 Å². The Balaban J connectivity index is 1.53. The zero-order valence-electron chi connectivity index (χ0n) is 21.8. The Kier molecular flexibility index (Phi) is 10.3. The lowest BCUT2D eigenvalue weighted by atomic mass is 9.95. The molecule has 1 saturated carbocycles. The number of hydrogen-bond donors (Lipinski definition) is 2. The topological polar surface area (TPSA) is 136 Å². The maximum atomic E-state index is 12.5.